The molecule has 0 radical (unpaired) electrons. The Bertz CT molecular complexity index is 599. The van der Waals surface area contributed by atoms with E-state index in [2.05, 4.69) is 30.9 Å². The molecule has 0 saturated carbocycles. The van der Waals surface area contributed by atoms with Gasteiger partial charge in [-0.3, -0.25) is 9.69 Å². The molecular weight excluding hydrogens is 307 g/mol. The Morgan fingerprint density at radius 2 is 2.35 bits per heavy atom. The van der Waals surface area contributed by atoms with Gasteiger partial charge in [-0.2, -0.15) is 9.97 Å². The molecule has 3 rings (SSSR count). The Morgan fingerprint density at radius 3 is 3.06 bits per heavy atom. The lowest BCUT2D eigenvalue weighted by Crippen LogP contribution is -2.26. The summed E-state index contributed by atoms with van der Waals surface area (Å²) in [5, 5.41) is 1.12. The first-order valence-electron chi connectivity index (χ1n) is 5.10. The van der Waals surface area contributed by atoms with Crippen molar-refractivity contribution in [1.82, 2.24) is 15.0 Å². The van der Waals surface area contributed by atoms with E-state index in [9.17, 15) is 4.79 Å². The van der Waals surface area contributed by atoms with E-state index in [1.807, 2.05) is 0 Å². The molecule has 17 heavy (non-hydrogen) atoms. The number of H-pyrrole nitrogens is 1. The number of nitrogens with zero attached hydrogens (tertiary/aromatic N) is 3. The number of anilines is 1. The third kappa shape index (κ3) is 1.81. The first-order valence-corrected chi connectivity index (χ1v) is 6.39. The predicted octanol–water partition coefficient (Wildman–Crippen LogP) is 2.11. The van der Waals surface area contributed by atoms with Gasteiger partial charge >= 0.3 is 0 Å². The summed E-state index contributed by atoms with van der Waals surface area (Å²) in [6, 6.07) is 1.81. The van der Waals surface area contributed by atoms with Crippen molar-refractivity contribution < 1.29 is 4.79 Å². The third-order valence-electron chi connectivity index (χ3n) is 2.68. The maximum Gasteiger partial charge on any atom is 0.235 e. The van der Waals surface area contributed by atoms with Crippen LogP contribution < -0.4 is 4.90 Å². The van der Waals surface area contributed by atoms with Crippen LogP contribution in [0.2, 0.25) is 5.15 Å². The van der Waals surface area contributed by atoms with Crippen molar-refractivity contribution in [3.05, 3.63) is 17.4 Å². The minimum Gasteiger partial charge on any atom is -0.346 e. The number of nitrogens with one attached hydrogen (secondary N) is 1. The molecule has 1 amide bonds. The molecule has 5 nitrogen and oxygen atoms in total. The van der Waals surface area contributed by atoms with Crippen LogP contribution in [-0.4, -0.2) is 32.2 Å². The molecule has 3 heterocycles. The van der Waals surface area contributed by atoms with E-state index in [-0.39, 0.29) is 10.7 Å². The minimum absolute atomic E-state index is 0.00819. The van der Waals surface area contributed by atoms with Gasteiger partial charge in [0.1, 0.15) is 10.8 Å². The zero-order chi connectivity index (χ0) is 12.0. The molecule has 1 fully saturated rings. The zero-order valence-corrected chi connectivity index (χ0v) is 11.0. The highest BCUT2D eigenvalue weighted by molar-refractivity contribution is 9.09. The Morgan fingerprint density at radius 1 is 1.53 bits per heavy atom. The van der Waals surface area contributed by atoms with Gasteiger partial charge in [-0.05, 0) is 6.07 Å². The molecule has 0 aliphatic carbocycles. The van der Waals surface area contributed by atoms with Gasteiger partial charge in [0, 0.05) is 24.0 Å². The van der Waals surface area contributed by atoms with Crippen LogP contribution in [0.1, 0.15) is 6.42 Å². The Hall–Kier alpha value is -1.14. The summed E-state index contributed by atoms with van der Waals surface area (Å²) in [7, 11) is 0. The molecule has 2 aromatic rings. The number of carbonyl (C=O) groups is 1. The van der Waals surface area contributed by atoms with Crippen molar-refractivity contribution in [1.29, 1.82) is 0 Å². The highest BCUT2D eigenvalue weighted by atomic mass is 79.9. The van der Waals surface area contributed by atoms with E-state index in [1.54, 1.807) is 17.2 Å². The second-order valence-corrected chi connectivity index (χ2v) is 5.51. The lowest BCUT2D eigenvalue weighted by Gasteiger charge is -2.13. The molecule has 7 heteroatoms. The average molecular weight is 316 g/mol. The maximum absolute atomic E-state index is 11.7. The van der Waals surface area contributed by atoms with Crippen molar-refractivity contribution in [3.8, 4) is 0 Å². The smallest absolute Gasteiger partial charge is 0.235 e. The van der Waals surface area contributed by atoms with Gasteiger partial charge in [-0.25, -0.2) is 0 Å². The average Bonchev–Trinajstić information content (AvgIpc) is 2.84. The Balaban J connectivity index is 2.08. The Kier molecular flexibility index (Phi) is 2.56. The molecule has 0 aromatic carbocycles. The number of aromatic nitrogens is 3. The molecule has 88 valence electrons. The quantitative estimate of drug-likeness (QED) is 0.647. The second-order valence-electron chi connectivity index (χ2n) is 3.86. The van der Waals surface area contributed by atoms with Crippen molar-refractivity contribution in [2.24, 2.45) is 0 Å². The van der Waals surface area contributed by atoms with Gasteiger partial charge in [0.2, 0.25) is 11.9 Å². The molecule has 0 spiro atoms. The van der Waals surface area contributed by atoms with Gasteiger partial charge in [-0.1, -0.05) is 27.5 Å². The monoisotopic (exact) mass is 314 g/mol. The predicted molar refractivity (Wildman–Crippen MR) is 68.6 cm³/mol. The molecule has 1 aliphatic rings. The van der Waals surface area contributed by atoms with Gasteiger partial charge < -0.3 is 4.98 Å². The molecule has 1 unspecified atom stereocenters. The summed E-state index contributed by atoms with van der Waals surface area (Å²) in [4.78, 5) is 24.9. The fourth-order valence-corrected chi connectivity index (χ4v) is 2.67. The first-order chi connectivity index (χ1) is 8.15. The number of alkyl halides is 1. The highest BCUT2D eigenvalue weighted by Gasteiger charge is 2.31. The van der Waals surface area contributed by atoms with E-state index in [0.717, 1.165) is 5.39 Å². The molecule has 1 atom stereocenters. The lowest BCUT2D eigenvalue weighted by molar-refractivity contribution is -0.117. The SMILES string of the molecule is O=C1CC(Br)CN1c1nc(Cl)c2cc[nH]c2n1. The lowest BCUT2D eigenvalue weighted by atomic mass is 10.4. The van der Waals surface area contributed by atoms with E-state index in [4.69, 9.17) is 11.6 Å². The summed E-state index contributed by atoms with van der Waals surface area (Å²) in [5.41, 5.74) is 0.644. The summed E-state index contributed by atoms with van der Waals surface area (Å²) >= 11 is 9.46. The number of aromatic amines is 1. The number of hydrogen-bond donors (Lipinski definition) is 1. The van der Waals surface area contributed by atoms with Crippen molar-refractivity contribution in [3.63, 3.8) is 0 Å². The largest absolute Gasteiger partial charge is 0.346 e. The van der Waals surface area contributed by atoms with E-state index >= 15 is 0 Å². The minimum atomic E-state index is 0.00819. The van der Waals surface area contributed by atoms with E-state index in [0.29, 0.717) is 29.7 Å². The third-order valence-corrected chi connectivity index (χ3v) is 3.58. The van der Waals surface area contributed by atoms with Gasteiger partial charge in [0.15, 0.2) is 0 Å². The molecule has 1 saturated heterocycles. The molecular formula is C10H8BrClN4O. The number of carbonyl (C=O) groups excluding carboxylic acids is 1. The normalized spacial score (nSPS) is 20.5. The summed E-state index contributed by atoms with van der Waals surface area (Å²) in [5.74, 6) is 0.366. The van der Waals surface area contributed by atoms with Crippen LogP contribution in [0.5, 0.6) is 0 Å². The van der Waals surface area contributed by atoms with Crippen LogP contribution >= 0.6 is 27.5 Å². The van der Waals surface area contributed by atoms with E-state index in [1.165, 1.54) is 0 Å². The molecule has 1 aliphatic heterocycles. The number of amides is 1. The standard InChI is InChI=1S/C10H8BrClN4O/c11-5-3-7(17)16(4-5)10-14-8(12)6-1-2-13-9(6)15-10/h1-2,5H,3-4H2,(H,13,14,15). The van der Waals surface area contributed by atoms with Crippen LogP contribution in [-0.2, 0) is 4.79 Å². The maximum atomic E-state index is 11.7. The molecule has 1 N–H and O–H groups in total. The van der Waals surface area contributed by atoms with Gasteiger partial charge in [-0.15, -0.1) is 0 Å². The fourth-order valence-electron chi connectivity index (χ4n) is 1.87. The second kappa shape index (κ2) is 3.96. The van der Waals surface area contributed by atoms with E-state index < -0.39 is 0 Å². The van der Waals surface area contributed by atoms with Crippen LogP contribution in [0, 0.1) is 0 Å². The van der Waals surface area contributed by atoms with Crippen LogP contribution in [0.15, 0.2) is 12.3 Å². The molecule has 0 bridgehead atoms. The van der Waals surface area contributed by atoms with Crippen LogP contribution in [0.3, 0.4) is 0 Å². The summed E-state index contributed by atoms with van der Waals surface area (Å²) < 4.78 is 0. The molecule has 2 aromatic heterocycles. The number of halogens is 2. The topological polar surface area (TPSA) is 61.9 Å². The van der Waals surface area contributed by atoms with Gasteiger partial charge in [0.05, 0.1) is 5.39 Å². The highest BCUT2D eigenvalue weighted by Crippen LogP contribution is 2.26. The fraction of sp³-hybridized carbons (Fsp3) is 0.300. The van der Waals surface area contributed by atoms with Crippen LogP contribution in [0.4, 0.5) is 5.95 Å². The zero-order valence-electron chi connectivity index (χ0n) is 8.65. The number of rotatable bonds is 1. The first kappa shape index (κ1) is 11.0. The summed E-state index contributed by atoms with van der Waals surface area (Å²) in [6.07, 6.45) is 2.21. The van der Waals surface area contributed by atoms with Gasteiger partial charge in [0.25, 0.3) is 0 Å². The Labute approximate surface area is 110 Å². The van der Waals surface area contributed by atoms with Crippen molar-refractivity contribution in [2.45, 2.75) is 11.2 Å². The number of hydrogen-bond acceptors (Lipinski definition) is 3. The van der Waals surface area contributed by atoms with Crippen molar-refractivity contribution >= 4 is 50.4 Å². The van der Waals surface area contributed by atoms with Crippen molar-refractivity contribution in [2.75, 3.05) is 11.4 Å². The summed E-state index contributed by atoms with van der Waals surface area (Å²) in [6.45, 7) is 0.571. The van der Waals surface area contributed by atoms with Crippen LogP contribution in [0.25, 0.3) is 11.0 Å². The number of fused-ring (bicyclic) bond motifs is 1.